The molecule has 0 atom stereocenters. The van der Waals surface area contributed by atoms with E-state index in [1.54, 1.807) is 0 Å². The summed E-state index contributed by atoms with van der Waals surface area (Å²) >= 11 is 0. The fourth-order valence-electron chi connectivity index (χ4n) is 1.90. The van der Waals surface area contributed by atoms with Crippen molar-refractivity contribution in [2.24, 2.45) is 0 Å². The lowest BCUT2D eigenvalue weighted by atomic mass is 9.85. The van der Waals surface area contributed by atoms with E-state index >= 15 is 0 Å². The first-order chi connectivity index (χ1) is 5.97. The van der Waals surface area contributed by atoms with E-state index in [1.165, 1.54) is 31.2 Å². The van der Waals surface area contributed by atoms with Gasteiger partial charge in [-0.15, -0.1) is 0 Å². The second-order valence-corrected chi connectivity index (χ2v) is 3.42. The summed E-state index contributed by atoms with van der Waals surface area (Å²) in [5, 5.41) is 0. The zero-order chi connectivity index (χ0) is 8.23. The lowest BCUT2D eigenvalue weighted by molar-refractivity contribution is 0.511. The third-order valence-corrected chi connectivity index (χ3v) is 2.62. The van der Waals surface area contributed by atoms with E-state index in [1.807, 2.05) is 12.4 Å². The molecule has 0 aliphatic heterocycles. The van der Waals surface area contributed by atoms with Crippen LogP contribution in [0.3, 0.4) is 0 Å². The molecule has 63 valence electrons. The van der Waals surface area contributed by atoms with Crippen molar-refractivity contribution in [2.45, 2.75) is 31.6 Å². The summed E-state index contributed by atoms with van der Waals surface area (Å²) in [6.45, 7) is 0. The van der Waals surface area contributed by atoms with Crippen LogP contribution in [0.5, 0.6) is 0 Å². The van der Waals surface area contributed by atoms with E-state index in [4.69, 9.17) is 0 Å². The first kappa shape index (κ1) is 7.78. The molecule has 1 aliphatic rings. The number of pyridine rings is 1. The summed E-state index contributed by atoms with van der Waals surface area (Å²) in [5.41, 5.74) is 1.47. The molecule has 0 amide bonds. The molecule has 0 aromatic carbocycles. The normalized spacial score (nSPS) is 19.3. The van der Waals surface area contributed by atoms with Crippen LogP contribution < -0.4 is 0 Å². The van der Waals surface area contributed by atoms with Crippen molar-refractivity contribution in [1.29, 1.82) is 0 Å². The minimum Gasteiger partial charge on any atom is -0.265 e. The summed E-state index contributed by atoms with van der Waals surface area (Å²) in [5.74, 6) is 0.790. The van der Waals surface area contributed by atoms with Gasteiger partial charge in [-0.3, -0.25) is 4.98 Å². The lowest BCUT2D eigenvalue weighted by Crippen LogP contribution is -2.04. The zero-order valence-electron chi connectivity index (χ0n) is 7.24. The predicted octanol–water partition coefficient (Wildman–Crippen LogP) is 2.94. The van der Waals surface area contributed by atoms with Crippen LogP contribution in [0.1, 0.15) is 37.2 Å². The average molecular weight is 160 g/mol. The van der Waals surface area contributed by atoms with Gasteiger partial charge in [0.1, 0.15) is 0 Å². The Balaban J connectivity index is 2.08. The Bertz CT molecular complexity index is 224. The van der Waals surface area contributed by atoms with Gasteiger partial charge in [0.2, 0.25) is 0 Å². The molecule has 0 saturated heterocycles. The fourth-order valence-corrected chi connectivity index (χ4v) is 1.90. The Hall–Kier alpha value is -0.850. The number of hydrogen-bond donors (Lipinski definition) is 0. The van der Waals surface area contributed by atoms with Crippen molar-refractivity contribution in [1.82, 2.24) is 4.98 Å². The minimum atomic E-state index is 0.790. The third-order valence-electron chi connectivity index (χ3n) is 2.62. The average Bonchev–Trinajstić information content (AvgIpc) is 2.21. The van der Waals surface area contributed by atoms with E-state index in [0.29, 0.717) is 0 Å². The molecule has 1 fully saturated rings. The molecule has 1 heterocycles. The zero-order valence-corrected chi connectivity index (χ0v) is 7.24. The van der Waals surface area contributed by atoms with Crippen molar-refractivity contribution >= 4 is 0 Å². The Morgan fingerprint density at radius 3 is 2.42 bits per heavy atom. The number of rotatable bonds is 1. The highest BCUT2D eigenvalue weighted by atomic mass is 14.6. The quantitative estimate of drug-likeness (QED) is 0.615. The maximum Gasteiger partial charge on any atom is 0.0270 e. The van der Waals surface area contributed by atoms with E-state index in [9.17, 15) is 0 Å². The van der Waals surface area contributed by atoms with Crippen LogP contribution >= 0.6 is 0 Å². The number of hydrogen-bond acceptors (Lipinski definition) is 1. The van der Waals surface area contributed by atoms with Gasteiger partial charge in [0.05, 0.1) is 0 Å². The van der Waals surface area contributed by atoms with Crippen LogP contribution in [0.15, 0.2) is 24.5 Å². The second kappa shape index (κ2) is 3.70. The summed E-state index contributed by atoms with van der Waals surface area (Å²) in [6.07, 6.45) is 11.4. The molecule has 1 saturated carbocycles. The molecule has 1 nitrogen and oxygen atoms in total. The van der Waals surface area contributed by atoms with Gasteiger partial charge in [0, 0.05) is 12.4 Å². The molecular formula is C11H14N. The molecule has 0 spiro atoms. The predicted molar refractivity (Wildman–Crippen MR) is 49.7 cm³/mol. The fraction of sp³-hybridized carbons (Fsp3) is 0.455. The Kier molecular flexibility index (Phi) is 2.40. The molecule has 0 bridgehead atoms. The third kappa shape index (κ3) is 1.66. The van der Waals surface area contributed by atoms with Gasteiger partial charge in [0.15, 0.2) is 0 Å². The smallest absolute Gasteiger partial charge is 0.0270 e. The summed E-state index contributed by atoms with van der Waals surface area (Å²) in [4.78, 5) is 4.03. The first-order valence-corrected chi connectivity index (χ1v) is 4.68. The molecule has 1 aliphatic carbocycles. The standard InChI is InChI=1S/C11H14N/c1-2-4-10(5-3-1)11-6-8-12-9-7-11/h1,6-10H,2-5H2. The van der Waals surface area contributed by atoms with E-state index in [0.717, 1.165) is 5.92 Å². The van der Waals surface area contributed by atoms with Crippen LogP contribution in [0.2, 0.25) is 0 Å². The maximum atomic E-state index is 4.03. The Morgan fingerprint density at radius 1 is 1.08 bits per heavy atom. The van der Waals surface area contributed by atoms with Crippen LogP contribution in [0, 0.1) is 6.42 Å². The molecule has 0 unspecified atom stereocenters. The number of aromatic nitrogens is 1. The van der Waals surface area contributed by atoms with E-state index < -0.39 is 0 Å². The highest BCUT2D eigenvalue weighted by Gasteiger charge is 2.14. The van der Waals surface area contributed by atoms with Gasteiger partial charge < -0.3 is 0 Å². The molecular weight excluding hydrogens is 146 g/mol. The van der Waals surface area contributed by atoms with Crippen LogP contribution in [-0.2, 0) is 0 Å². The molecule has 1 aromatic heterocycles. The maximum absolute atomic E-state index is 4.03. The SMILES string of the molecule is [CH]1CCC(c2ccncc2)CC1. The lowest BCUT2D eigenvalue weighted by Gasteiger charge is -2.21. The van der Waals surface area contributed by atoms with Crippen molar-refractivity contribution < 1.29 is 0 Å². The minimum absolute atomic E-state index is 0.790. The highest BCUT2D eigenvalue weighted by Crippen LogP contribution is 2.31. The van der Waals surface area contributed by atoms with Gasteiger partial charge in [-0.05, 0) is 55.7 Å². The second-order valence-electron chi connectivity index (χ2n) is 3.42. The van der Waals surface area contributed by atoms with Gasteiger partial charge in [0.25, 0.3) is 0 Å². The summed E-state index contributed by atoms with van der Waals surface area (Å²) < 4.78 is 0. The monoisotopic (exact) mass is 160 g/mol. The van der Waals surface area contributed by atoms with E-state index in [2.05, 4.69) is 23.5 Å². The van der Waals surface area contributed by atoms with Gasteiger partial charge in [-0.25, -0.2) is 0 Å². The summed E-state index contributed by atoms with van der Waals surface area (Å²) in [7, 11) is 0. The van der Waals surface area contributed by atoms with Crippen LogP contribution in [0.4, 0.5) is 0 Å². The van der Waals surface area contributed by atoms with Gasteiger partial charge >= 0.3 is 0 Å². The van der Waals surface area contributed by atoms with Crippen molar-refractivity contribution in [3.8, 4) is 0 Å². The topological polar surface area (TPSA) is 12.9 Å². The molecule has 1 heteroatoms. The first-order valence-electron chi connectivity index (χ1n) is 4.68. The Morgan fingerprint density at radius 2 is 1.75 bits per heavy atom. The Labute approximate surface area is 73.8 Å². The molecule has 12 heavy (non-hydrogen) atoms. The van der Waals surface area contributed by atoms with Crippen molar-refractivity contribution in [3.63, 3.8) is 0 Å². The molecule has 1 radical (unpaired) electrons. The van der Waals surface area contributed by atoms with Crippen LogP contribution in [0.25, 0.3) is 0 Å². The van der Waals surface area contributed by atoms with Crippen LogP contribution in [-0.4, -0.2) is 4.98 Å². The number of nitrogens with zero attached hydrogens (tertiary/aromatic N) is 1. The van der Waals surface area contributed by atoms with Gasteiger partial charge in [-0.2, -0.15) is 0 Å². The largest absolute Gasteiger partial charge is 0.265 e. The summed E-state index contributed by atoms with van der Waals surface area (Å²) in [6, 6.07) is 4.30. The molecule has 0 N–H and O–H groups in total. The van der Waals surface area contributed by atoms with Gasteiger partial charge in [-0.1, -0.05) is 0 Å². The van der Waals surface area contributed by atoms with Crippen molar-refractivity contribution in [2.75, 3.05) is 0 Å². The molecule has 2 rings (SSSR count). The highest BCUT2D eigenvalue weighted by molar-refractivity contribution is 5.16. The molecule has 1 aromatic rings. The van der Waals surface area contributed by atoms with Crippen molar-refractivity contribution in [3.05, 3.63) is 36.5 Å². The van der Waals surface area contributed by atoms with E-state index in [-0.39, 0.29) is 0 Å².